The number of nitrogen functional groups attached to an aromatic ring is 1. The molecule has 1 rings (SSSR count). The number of aryl methyl sites for hydroxylation is 1. The molecule has 0 aromatic heterocycles. The SMILES string of the molecule is CC.CCOC(=O)CCNC(=O)c1ccc(C)cc1N. The number of hydrogen-bond donors (Lipinski definition) is 2. The first-order valence-corrected chi connectivity index (χ1v) is 6.84. The predicted octanol–water partition coefficient (Wildman–Crippen LogP) is 2.29. The minimum atomic E-state index is -0.324. The van der Waals surface area contributed by atoms with Crippen molar-refractivity contribution in [3.8, 4) is 0 Å². The van der Waals surface area contributed by atoms with E-state index in [1.165, 1.54) is 0 Å². The molecule has 1 aromatic rings. The Balaban J connectivity index is 0.00000172. The molecule has 20 heavy (non-hydrogen) atoms. The zero-order chi connectivity index (χ0) is 15.5. The molecule has 0 aliphatic rings. The molecule has 0 aliphatic heterocycles. The lowest BCUT2D eigenvalue weighted by Crippen LogP contribution is -2.27. The van der Waals surface area contributed by atoms with Crippen molar-refractivity contribution in [1.82, 2.24) is 5.32 Å². The monoisotopic (exact) mass is 280 g/mol. The molecule has 0 unspecified atom stereocenters. The van der Waals surface area contributed by atoms with Crippen LogP contribution >= 0.6 is 0 Å². The van der Waals surface area contributed by atoms with Gasteiger partial charge in [-0.2, -0.15) is 0 Å². The lowest BCUT2D eigenvalue weighted by molar-refractivity contribution is -0.142. The number of rotatable bonds is 5. The summed E-state index contributed by atoms with van der Waals surface area (Å²) < 4.78 is 4.75. The number of carbonyl (C=O) groups excluding carboxylic acids is 2. The number of ether oxygens (including phenoxy) is 1. The van der Waals surface area contributed by atoms with Crippen molar-refractivity contribution in [3.05, 3.63) is 29.3 Å². The van der Waals surface area contributed by atoms with E-state index in [2.05, 4.69) is 5.32 Å². The molecule has 0 heterocycles. The zero-order valence-corrected chi connectivity index (χ0v) is 12.7. The molecule has 1 aromatic carbocycles. The highest BCUT2D eigenvalue weighted by Gasteiger charge is 2.10. The molecule has 112 valence electrons. The van der Waals surface area contributed by atoms with E-state index in [4.69, 9.17) is 10.5 Å². The van der Waals surface area contributed by atoms with Gasteiger partial charge >= 0.3 is 5.97 Å². The summed E-state index contributed by atoms with van der Waals surface area (Å²) in [5, 5.41) is 2.63. The van der Waals surface area contributed by atoms with E-state index in [-0.39, 0.29) is 24.8 Å². The summed E-state index contributed by atoms with van der Waals surface area (Å²) in [5.41, 5.74) is 7.60. The Labute approximate surface area is 120 Å². The molecule has 1 amide bonds. The molecule has 0 radical (unpaired) electrons. The smallest absolute Gasteiger partial charge is 0.307 e. The van der Waals surface area contributed by atoms with Crippen LogP contribution in [0.5, 0.6) is 0 Å². The van der Waals surface area contributed by atoms with E-state index in [0.717, 1.165) is 5.56 Å². The molecular weight excluding hydrogens is 256 g/mol. The molecule has 5 nitrogen and oxygen atoms in total. The lowest BCUT2D eigenvalue weighted by atomic mass is 10.1. The fourth-order valence-corrected chi connectivity index (χ4v) is 1.50. The van der Waals surface area contributed by atoms with Crippen LogP contribution in [0, 0.1) is 6.92 Å². The number of amides is 1. The van der Waals surface area contributed by atoms with Crippen molar-refractivity contribution < 1.29 is 14.3 Å². The van der Waals surface area contributed by atoms with Crippen molar-refractivity contribution in [2.75, 3.05) is 18.9 Å². The number of carbonyl (C=O) groups is 2. The van der Waals surface area contributed by atoms with Gasteiger partial charge < -0.3 is 15.8 Å². The first-order valence-electron chi connectivity index (χ1n) is 6.84. The van der Waals surface area contributed by atoms with Gasteiger partial charge in [0.05, 0.1) is 18.6 Å². The van der Waals surface area contributed by atoms with Crippen molar-refractivity contribution in [1.29, 1.82) is 0 Å². The minimum Gasteiger partial charge on any atom is -0.466 e. The molecule has 0 bridgehead atoms. The molecule has 0 saturated carbocycles. The maximum atomic E-state index is 11.8. The molecule has 0 aliphatic carbocycles. The Kier molecular flexibility index (Phi) is 8.83. The minimum absolute atomic E-state index is 0.158. The second kappa shape index (κ2) is 9.83. The highest BCUT2D eigenvalue weighted by molar-refractivity contribution is 5.99. The van der Waals surface area contributed by atoms with E-state index in [1.807, 2.05) is 26.8 Å². The Morgan fingerprint density at radius 3 is 2.50 bits per heavy atom. The van der Waals surface area contributed by atoms with Crippen LogP contribution in [0.4, 0.5) is 5.69 Å². The van der Waals surface area contributed by atoms with Crippen molar-refractivity contribution in [2.24, 2.45) is 0 Å². The summed E-state index contributed by atoms with van der Waals surface area (Å²) in [7, 11) is 0. The van der Waals surface area contributed by atoms with E-state index in [1.54, 1.807) is 19.1 Å². The molecule has 0 saturated heterocycles. The molecule has 0 fully saturated rings. The summed E-state index contributed by atoms with van der Waals surface area (Å²) in [6.07, 6.45) is 0.158. The molecular formula is C15H24N2O3. The van der Waals surface area contributed by atoms with E-state index < -0.39 is 0 Å². The van der Waals surface area contributed by atoms with Crippen LogP contribution in [0.25, 0.3) is 0 Å². The van der Waals surface area contributed by atoms with Gasteiger partial charge in [0.2, 0.25) is 0 Å². The number of anilines is 1. The average Bonchev–Trinajstić information content (AvgIpc) is 2.41. The second-order valence-corrected chi connectivity index (χ2v) is 3.90. The van der Waals surface area contributed by atoms with Crippen LogP contribution in [-0.2, 0) is 9.53 Å². The van der Waals surface area contributed by atoms with Gasteiger partial charge in [-0.1, -0.05) is 19.9 Å². The van der Waals surface area contributed by atoms with Gasteiger partial charge in [0.15, 0.2) is 0 Å². The first-order chi connectivity index (χ1) is 9.54. The molecule has 0 atom stereocenters. The van der Waals surface area contributed by atoms with Gasteiger partial charge in [-0.05, 0) is 31.5 Å². The summed E-state index contributed by atoms with van der Waals surface area (Å²) in [6.45, 7) is 8.23. The third kappa shape index (κ3) is 6.22. The van der Waals surface area contributed by atoms with Crippen molar-refractivity contribution in [3.63, 3.8) is 0 Å². The van der Waals surface area contributed by atoms with E-state index in [0.29, 0.717) is 17.9 Å². The van der Waals surface area contributed by atoms with Gasteiger partial charge in [0.25, 0.3) is 5.91 Å². The Hall–Kier alpha value is -2.04. The van der Waals surface area contributed by atoms with Crippen LogP contribution in [0.1, 0.15) is 43.1 Å². The highest BCUT2D eigenvalue weighted by atomic mass is 16.5. The summed E-state index contributed by atoms with van der Waals surface area (Å²) >= 11 is 0. The third-order valence-electron chi connectivity index (χ3n) is 2.37. The summed E-state index contributed by atoms with van der Waals surface area (Å²) in [4.78, 5) is 22.8. The van der Waals surface area contributed by atoms with Gasteiger partial charge in [0, 0.05) is 12.2 Å². The van der Waals surface area contributed by atoms with Gasteiger partial charge in [-0.3, -0.25) is 9.59 Å². The third-order valence-corrected chi connectivity index (χ3v) is 2.37. The number of hydrogen-bond acceptors (Lipinski definition) is 4. The highest BCUT2D eigenvalue weighted by Crippen LogP contribution is 2.13. The Morgan fingerprint density at radius 2 is 1.95 bits per heavy atom. The summed E-state index contributed by atoms with van der Waals surface area (Å²) in [5.74, 6) is -0.605. The zero-order valence-electron chi connectivity index (χ0n) is 12.7. The first kappa shape index (κ1) is 18.0. The van der Waals surface area contributed by atoms with Crippen LogP contribution in [0.15, 0.2) is 18.2 Å². The Bertz CT molecular complexity index is 445. The van der Waals surface area contributed by atoms with Crippen LogP contribution in [0.3, 0.4) is 0 Å². The Morgan fingerprint density at radius 1 is 1.30 bits per heavy atom. The predicted molar refractivity (Wildman–Crippen MR) is 80.5 cm³/mol. The van der Waals surface area contributed by atoms with Gasteiger partial charge in [0.1, 0.15) is 0 Å². The maximum Gasteiger partial charge on any atom is 0.307 e. The number of nitrogens with one attached hydrogen (secondary N) is 1. The van der Waals surface area contributed by atoms with Crippen molar-refractivity contribution >= 4 is 17.6 Å². The average molecular weight is 280 g/mol. The summed E-state index contributed by atoms with van der Waals surface area (Å²) in [6, 6.07) is 5.22. The van der Waals surface area contributed by atoms with Gasteiger partial charge in [-0.15, -0.1) is 0 Å². The maximum absolute atomic E-state index is 11.8. The van der Waals surface area contributed by atoms with Gasteiger partial charge in [-0.25, -0.2) is 0 Å². The van der Waals surface area contributed by atoms with E-state index in [9.17, 15) is 9.59 Å². The lowest BCUT2D eigenvalue weighted by Gasteiger charge is -2.08. The topological polar surface area (TPSA) is 81.4 Å². The fourth-order valence-electron chi connectivity index (χ4n) is 1.50. The number of benzene rings is 1. The molecule has 3 N–H and O–H groups in total. The number of esters is 1. The standard InChI is InChI=1S/C13H18N2O3.C2H6/c1-3-18-12(16)6-7-15-13(17)10-5-4-9(2)8-11(10)14;1-2/h4-5,8H,3,6-7,14H2,1-2H3,(H,15,17);1-2H3. The van der Waals surface area contributed by atoms with Crippen molar-refractivity contribution in [2.45, 2.75) is 34.1 Å². The quantitative estimate of drug-likeness (QED) is 0.640. The second-order valence-electron chi connectivity index (χ2n) is 3.90. The largest absolute Gasteiger partial charge is 0.466 e. The molecule has 0 spiro atoms. The van der Waals surface area contributed by atoms with E-state index >= 15 is 0 Å². The number of nitrogens with two attached hydrogens (primary N) is 1. The molecule has 5 heteroatoms. The fraction of sp³-hybridized carbons (Fsp3) is 0.467. The van der Waals surface area contributed by atoms with Crippen LogP contribution in [0.2, 0.25) is 0 Å². The normalized spacial score (nSPS) is 9.20. The van der Waals surface area contributed by atoms with Crippen LogP contribution in [-0.4, -0.2) is 25.0 Å². The van der Waals surface area contributed by atoms with Crippen LogP contribution < -0.4 is 11.1 Å².